The standard InChI is InChI=1S/C16H10F2O2/c1-9-4-2-6-11(14(9)18)15(19)13-8-10-5-3-7-12(17)16(10)20-13/h2-8H,1H3. The minimum Gasteiger partial charge on any atom is -0.449 e. The van der Waals surface area contributed by atoms with E-state index in [-0.39, 0.29) is 16.9 Å². The van der Waals surface area contributed by atoms with Crippen molar-refractivity contribution in [1.29, 1.82) is 0 Å². The summed E-state index contributed by atoms with van der Waals surface area (Å²) in [4.78, 5) is 12.2. The molecule has 2 nitrogen and oxygen atoms in total. The van der Waals surface area contributed by atoms with E-state index in [4.69, 9.17) is 4.42 Å². The van der Waals surface area contributed by atoms with E-state index < -0.39 is 17.4 Å². The van der Waals surface area contributed by atoms with Crippen LogP contribution in [0.4, 0.5) is 8.78 Å². The van der Waals surface area contributed by atoms with E-state index >= 15 is 0 Å². The van der Waals surface area contributed by atoms with Gasteiger partial charge in [0.1, 0.15) is 5.82 Å². The molecule has 1 heterocycles. The van der Waals surface area contributed by atoms with Crippen LogP contribution in [0.1, 0.15) is 21.7 Å². The van der Waals surface area contributed by atoms with Crippen molar-refractivity contribution in [2.24, 2.45) is 0 Å². The van der Waals surface area contributed by atoms with Gasteiger partial charge < -0.3 is 4.42 Å². The number of rotatable bonds is 2. The van der Waals surface area contributed by atoms with Crippen molar-refractivity contribution in [3.63, 3.8) is 0 Å². The van der Waals surface area contributed by atoms with Crippen LogP contribution in [-0.2, 0) is 0 Å². The van der Waals surface area contributed by atoms with E-state index in [1.807, 2.05) is 0 Å². The second kappa shape index (κ2) is 4.56. The predicted molar refractivity (Wildman–Crippen MR) is 70.7 cm³/mol. The van der Waals surface area contributed by atoms with E-state index in [0.717, 1.165) is 0 Å². The molecule has 0 radical (unpaired) electrons. The Morgan fingerprint density at radius 1 is 1.10 bits per heavy atom. The summed E-state index contributed by atoms with van der Waals surface area (Å²) in [6.45, 7) is 1.57. The van der Waals surface area contributed by atoms with Crippen LogP contribution in [0, 0.1) is 18.6 Å². The summed E-state index contributed by atoms with van der Waals surface area (Å²) in [6.07, 6.45) is 0. The molecule has 3 aromatic rings. The average molecular weight is 272 g/mol. The number of fused-ring (bicyclic) bond motifs is 1. The van der Waals surface area contributed by atoms with Crippen molar-refractivity contribution in [2.45, 2.75) is 6.92 Å². The molecule has 0 aliphatic rings. The number of furan rings is 1. The van der Waals surface area contributed by atoms with Crippen LogP contribution in [0.15, 0.2) is 46.9 Å². The van der Waals surface area contributed by atoms with Gasteiger partial charge in [0.25, 0.3) is 0 Å². The summed E-state index contributed by atoms with van der Waals surface area (Å²) in [6, 6.07) is 10.4. The van der Waals surface area contributed by atoms with Crippen molar-refractivity contribution in [3.05, 3.63) is 71.0 Å². The molecule has 1 aromatic heterocycles. The molecular weight excluding hydrogens is 262 g/mol. The van der Waals surface area contributed by atoms with Crippen LogP contribution in [0.3, 0.4) is 0 Å². The third-order valence-corrected chi connectivity index (χ3v) is 3.16. The van der Waals surface area contributed by atoms with Crippen LogP contribution >= 0.6 is 0 Å². The second-order valence-electron chi connectivity index (χ2n) is 4.53. The second-order valence-corrected chi connectivity index (χ2v) is 4.53. The lowest BCUT2D eigenvalue weighted by Gasteiger charge is -2.02. The molecule has 0 atom stereocenters. The molecule has 0 bridgehead atoms. The minimum atomic E-state index is -0.596. The third-order valence-electron chi connectivity index (χ3n) is 3.16. The summed E-state index contributed by atoms with van der Waals surface area (Å²) >= 11 is 0. The number of carbonyl (C=O) groups excluding carboxylic acids is 1. The normalized spacial score (nSPS) is 10.9. The van der Waals surface area contributed by atoms with E-state index in [9.17, 15) is 13.6 Å². The predicted octanol–water partition coefficient (Wildman–Crippen LogP) is 4.25. The van der Waals surface area contributed by atoms with Gasteiger partial charge in [0.15, 0.2) is 17.2 Å². The molecule has 0 amide bonds. The summed E-state index contributed by atoms with van der Waals surface area (Å²) in [5.41, 5.74) is 0.298. The molecule has 0 saturated heterocycles. The van der Waals surface area contributed by atoms with Gasteiger partial charge in [-0.2, -0.15) is 0 Å². The molecule has 0 aliphatic heterocycles. The summed E-state index contributed by atoms with van der Waals surface area (Å²) in [7, 11) is 0. The summed E-state index contributed by atoms with van der Waals surface area (Å²) < 4.78 is 32.7. The van der Waals surface area contributed by atoms with Crippen molar-refractivity contribution >= 4 is 16.8 Å². The molecule has 0 aliphatic carbocycles. The largest absolute Gasteiger partial charge is 0.449 e. The van der Waals surface area contributed by atoms with E-state index in [1.54, 1.807) is 25.1 Å². The molecular formula is C16H10F2O2. The fraction of sp³-hybridized carbons (Fsp3) is 0.0625. The van der Waals surface area contributed by atoms with E-state index in [0.29, 0.717) is 10.9 Å². The molecule has 0 N–H and O–H groups in total. The molecule has 4 heteroatoms. The van der Waals surface area contributed by atoms with Gasteiger partial charge in [-0.15, -0.1) is 0 Å². The van der Waals surface area contributed by atoms with Crippen molar-refractivity contribution < 1.29 is 18.0 Å². The zero-order valence-corrected chi connectivity index (χ0v) is 10.6. The molecule has 3 rings (SSSR count). The topological polar surface area (TPSA) is 30.2 Å². The Kier molecular flexibility index (Phi) is 2.86. The van der Waals surface area contributed by atoms with Gasteiger partial charge >= 0.3 is 0 Å². The smallest absolute Gasteiger partial charge is 0.231 e. The zero-order valence-electron chi connectivity index (χ0n) is 10.6. The Balaban J connectivity index is 2.13. The Morgan fingerprint density at radius 2 is 1.85 bits per heavy atom. The van der Waals surface area contributed by atoms with Crippen molar-refractivity contribution in [3.8, 4) is 0 Å². The highest BCUT2D eigenvalue weighted by Gasteiger charge is 2.20. The highest BCUT2D eigenvalue weighted by molar-refractivity contribution is 6.09. The van der Waals surface area contributed by atoms with E-state index in [2.05, 4.69) is 0 Å². The van der Waals surface area contributed by atoms with Crippen molar-refractivity contribution in [2.75, 3.05) is 0 Å². The van der Waals surface area contributed by atoms with Gasteiger partial charge in [-0.1, -0.05) is 24.3 Å². The Hall–Kier alpha value is -2.49. The van der Waals surface area contributed by atoms with Gasteiger partial charge in [0, 0.05) is 5.39 Å². The molecule has 2 aromatic carbocycles. The zero-order chi connectivity index (χ0) is 14.3. The lowest BCUT2D eigenvalue weighted by molar-refractivity contribution is 0.101. The molecule has 0 spiro atoms. The highest BCUT2D eigenvalue weighted by Crippen LogP contribution is 2.25. The molecule has 0 fully saturated rings. The van der Waals surface area contributed by atoms with Gasteiger partial charge in [-0.25, -0.2) is 8.78 Å². The average Bonchev–Trinajstić information content (AvgIpc) is 2.87. The number of aryl methyl sites for hydroxylation is 1. The SMILES string of the molecule is Cc1cccc(C(=O)c2cc3cccc(F)c3o2)c1F. The highest BCUT2D eigenvalue weighted by atomic mass is 19.1. The van der Waals surface area contributed by atoms with Crippen LogP contribution in [0.25, 0.3) is 11.0 Å². The Morgan fingerprint density at radius 3 is 2.60 bits per heavy atom. The van der Waals surface area contributed by atoms with Crippen LogP contribution in [0.2, 0.25) is 0 Å². The first-order chi connectivity index (χ1) is 9.58. The molecule has 0 saturated carbocycles. The number of hydrogen-bond donors (Lipinski definition) is 0. The summed E-state index contributed by atoms with van der Waals surface area (Å²) in [5, 5.41) is 0.474. The molecule has 100 valence electrons. The minimum absolute atomic E-state index is 0.00362. The number of hydrogen-bond acceptors (Lipinski definition) is 2. The van der Waals surface area contributed by atoms with Crippen LogP contribution in [0.5, 0.6) is 0 Å². The van der Waals surface area contributed by atoms with Gasteiger partial charge in [-0.3, -0.25) is 4.79 Å². The number of halogens is 2. The maximum absolute atomic E-state index is 13.9. The number of para-hydroxylation sites is 1. The van der Waals surface area contributed by atoms with Crippen LogP contribution in [-0.4, -0.2) is 5.78 Å². The van der Waals surface area contributed by atoms with E-state index in [1.165, 1.54) is 24.3 Å². The molecule has 20 heavy (non-hydrogen) atoms. The fourth-order valence-electron chi connectivity index (χ4n) is 2.09. The number of carbonyl (C=O) groups is 1. The van der Waals surface area contributed by atoms with Crippen molar-refractivity contribution in [1.82, 2.24) is 0 Å². The Bertz CT molecular complexity index is 818. The number of benzene rings is 2. The Labute approximate surface area is 113 Å². The maximum Gasteiger partial charge on any atom is 0.231 e. The lowest BCUT2D eigenvalue weighted by Crippen LogP contribution is -2.04. The van der Waals surface area contributed by atoms with Crippen LogP contribution < -0.4 is 0 Å². The third kappa shape index (κ3) is 1.90. The monoisotopic (exact) mass is 272 g/mol. The van der Waals surface area contributed by atoms with Gasteiger partial charge in [0.05, 0.1) is 5.56 Å². The first-order valence-corrected chi connectivity index (χ1v) is 6.06. The van der Waals surface area contributed by atoms with Gasteiger partial charge in [0.2, 0.25) is 5.78 Å². The van der Waals surface area contributed by atoms with Gasteiger partial charge in [-0.05, 0) is 30.7 Å². The number of ketones is 1. The first kappa shape index (κ1) is 12.5. The quantitative estimate of drug-likeness (QED) is 0.653. The lowest BCUT2D eigenvalue weighted by atomic mass is 10.1. The fourth-order valence-corrected chi connectivity index (χ4v) is 2.09. The molecule has 0 unspecified atom stereocenters. The maximum atomic E-state index is 13.9. The first-order valence-electron chi connectivity index (χ1n) is 6.06. The summed E-state index contributed by atoms with van der Waals surface area (Å²) in [5.74, 6) is -1.80.